The zero-order chi connectivity index (χ0) is 13.3. The number of Topliss-reactive ketones (excluding diaryl/α,β-unsaturated/α-hetero) is 1. The van der Waals surface area contributed by atoms with Gasteiger partial charge in [-0.1, -0.05) is 12.1 Å². The van der Waals surface area contributed by atoms with Crippen molar-refractivity contribution in [2.24, 2.45) is 0 Å². The first-order chi connectivity index (χ1) is 8.54. The van der Waals surface area contributed by atoms with Crippen molar-refractivity contribution in [3.63, 3.8) is 0 Å². The number of thioether (sulfide) groups is 1. The number of nitrogens with zero attached hydrogens (tertiary/aromatic N) is 2. The lowest BCUT2D eigenvalue weighted by Crippen LogP contribution is -2.05. The van der Waals surface area contributed by atoms with Crippen molar-refractivity contribution in [2.45, 2.75) is 18.7 Å². The van der Waals surface area contributed by atoms with Gasteiger partial charge in [-0.05, 0) is 25.3 Å². The van der Waals surface area contributed by atoms with Crippen LogP contribution >= 0.6 is 11.8 Å². The van der Waals surface area contributed by atoms with Gasteiger partial charge in [-0.15, -0.1) is 11.8 Å². The fraction of sp³-hybridized carbons (Fsp3) is 0.231. The second-order valence-electron chi connectivity index (χ2n) is 3.97. The Hall–Kier alpha value is -1.75. The smallest absolute Gasteiger partial charge is 0.181 e. The van der Waals surface area contributed by atoms with Crippen LogP contribution in [0.15, 0.2) is 29.2 Å². The lowest BCUT2D eigenvalue weighted by Gasteiger charge is -2.03. The molecule has 0 amide bonds. The molecule has 0 radical (unpaired) electrons. The number of aromatic nitrogens is 2. The predicted octanol–water partition coefficient (Wildman–Crippen LogP) is 3.02. The molecular weight excluding hydrogens is 248 g/mol. The van der Waals surface area contributed by atoms with Crippen molar-refractivity contribution < 1.29 is 10.0 Å². The maximum Gasteiger partial charge on any atom is 0.181 e. The van der Waals surface area contributed by atoms with Crippen molar-refractivity contribution in [3.8, 4) is 11.4 Å². The van der Waals surface area contributed by atoms with E-state index in [1.807, 2.05) is 30.5 Å². The van der Waals surface area contributed by atoms with Crippen LogP contribution in [0.25, 0.3) is 11.4 Å². The van der Waals surface area contributed by atoms with Gasteiger partial charge in [0.05, 0.1) is 5.69 Å². The number of carbonyl (C=O) groups is 1. The molecule has 1 aromatic heterocycles. The highest BCUT2D eigenvalue weighted by atomic mass is 32.2. The van der Waals surface area contributed by atoms with Crippen LogP contribution in [0.2, 0.25) is 0 Å². The van der Waals surface area contributed by atoms with Gasteiger partial charge in [-0.2, -0.15) is 4.73 Å². The van der Waals surface area contributed by atoms with Crippen molar-refractivity contribution in [1.29, 1.82) is 0 Å². The molecular formula is C13H14N2O2S. The summed E-state index contributed by atoms with van der Waals surface area (Å²) in [5.74, 6) is 0.194. The number of aryl methyl sites for hydroxylation is 1. The molecule has 0 saturated carbocycles. The Labute approximate surface area is 110 Å². The van der Waals surface area contributed by atoms with Gasteiger partial charge in [0.1, 0.15) is 5.69 Å². The Morgan fingerprint density at radius 1 is 1.33 bits per heavy atom. The average molecular weight is 262 g/mol. The summed E-state index contributed by atoms with van der Waals surface area (Å²) in [6.07, 6.45) is 2.00. The van der Waals surface area contributed by atoms with E-state index in [9.17, 15) is 10.0 Å². The van der Waals surface area contributed by atoms with E-state index < -0.39 is 0 Å². The molecule has 5 heteroatoms. The molecule has 0 fully saturated rings. The van der Waals surface area contributed by atoms with Gasteiger partial charge in [-0.25, -0.2) is 4.98 Å². The Bertz CT molecular complexity index is 588. The van der Waals surface area contributed by atoms with E-state index in [0.717, 1.165) is 15.2 Å². The molecule has 0 aliphatic carbocycles. The number of carbonyl (C=O) groups excluding carboxylic acids is 1. The van der Waals surface area contributed by atoms with E-state index in [1.54, 1.807) is 18.7 Å². The van der Waals surface area contributed by atoms with Crippen LogP contribution in [0.4, 0.5) is 0 Å². The Kier molecular flexibility index (Phi) is 3.43. The third-order valence-electron chi connectivity index (χ3n) is 2.71. The van der Waals surface area contributed by atoms with Crippen LogP contribution in [0.1, 0.15) is 23.1 Å². The first-order valence-corrected chi connectivity index (χ1v) is 6.71. The predicted molar refractivity (Wildman–Crippen MR) is 71.4 cm³/mol. The molecule has 1 N–H and O–H groups in total. The monoisotopic (exact) mass is 262 g/mol. The van der Waals surface area contributed by atoms with Crippen molar-refractivity contribution >= 4 is 17.5 Å². The van der Waals surface area contributed by atoms with Crippen molar-refractivity contribution in [2.75, 3.05) is 6.26 Å². The zero-order valence-electron chi connectivity index (χ0n) is 10.5. The van der Waals surface area contributed by atoms with Crippen LogP contribution < -0.4 is 0 Å². The molecule has 0 unspecified atom stereocenters. The normalized spacial score (nSPS) is 10.6. The molecule has 0 atom stereocenters. The van der Waals surface area contributed by atoms with Gasteiger partial charge in [0.15, 0.2) is 11.6 Å². The summed E-state index contributed by atoms with van der Waals surface area (Å²) in [6.45, 7) is 3.13. The van der Waals surface area contributed by atoms with E-state index in [2.05, 4.69) is 4.98 Å². The molecule has 2 rings (SSSR count). The van der Waals surface area contributed by atoms with E-state index in [0.29, 0.717) is 11.5 Å². The molecule has 18 heavy (non-hydrogen) atoms. The largest absolute Gasteiger partial charge is 0.426 e. The maximum absolute atomic E-state index is 11.4. The number of imidazole rings is 1. The van der Waals surface area contributed by atoms with Gasteiger partial charge in [-0.3, -0.25) is 4.79 Å². The SMILES string of the molecule is CSc1ccc(-c2nc(C)c(C(C)=O)n2O)cc1. The van der Waals surface area contributed by atoms with Crippen LogP contribution in [-0.2, 0) is 0 Å². The summed E-state index contributed by atoms with van der Waals surface area (Å²) in [4.78, 5) is 16.8. The lowest BCUT2D eigenvalue weighted by molar-refractivity contribution is 0.0965. The quantitative estimate of drug-likeness (QED) is 0.525. The van der Waals surface area contributed by atoms with Crippen molar-refractivity contribution in [3.05, 3.63) is 35.7 Å². The average Bonchev–Trinajstić information content (AvgIpc) is 2.65. The molecule has 0 spiro atoms. The molecule has 0 bridgehead atoms. The van der Waals surface area contributed by atoms with E-state index in [1.165, 1.54) is 6.92 Å². The zero-order valence-corrected chi connectivity index (χ0v) is 11.3. The number of hydrogen-bond acceptors (Lipinski definition) is 4. The minimum Gasteiger partial charge on any atom is -0.426 e. The Balaban J connectivity index is 2.50. The van der Waals surface area contributed by atoms with Crippen LogP contribution in [0.3, 0.4) is 0 Å². The topological polar surface area (TPSA) is 55.1 Å². The highest BCUT2D eigenvalue weighted by molar-refractivity contribution is 7.98. The summed E-state index contributed by atoms with van der Waals surface area (Å²) >= 11 is 1.65. The van der Waals surface area contributed by atoms with E-state index in [-0.39, 0.29) is 11.5 Å². The van der Waals surface area contributed by atoms with Gasteiger partial charge in [0.2, 0.25) is 0 Å². The second-order valence-corrected chi connectivity index (χ2v) is 4.85. The Morgan fingerprint density at radius 2 is 1.94 bits per heavy atom. The van der Waals surface area contributed by atoms with Crippen LogP contribution in [0.5, 0.6) is 0 Å². The fourth-order valence-corrected chi connectivity index (χ4v) is 2.26. The molecule has 1 aromatic carbocycles. The molecule has 4 nitrogen and oxygen atoms in total. The standard InChI is InChI=1S/C13H14N2O2S/c1-8-12(9(2)16)15(17)13(14-8)10-4-6-11(18-3)7-5-10/h4-7,17H,1-3H3. The van der Waals surface area contributed by atoms with Gasteiger partial charge < -0.3 is 5.21 Å². The molecule has 94 valence electrons. The molecule has 0 saturated heterocycles. The number of ketones is 1. The molecule has 0 aliphatic heterocycles. The summed E-state index contributed by atoms with van der Waals surface area (Å²) in [7, 11) is 0. The van der Waals surface area contributed by atoms with Gasteiger partial charge >= 0.3 is 0 Å². The summed E-state index contributed by atoms with van der Waals surface area (Å²) in [5.41, 5.74) is 1.55. The summed E-state index contributed by atoms with van der Waals surface area (Å²) < 4.78 is 0.867. The fourth-order valence-electron chi connectivity index (χ4n) is 1.85. The lowest BCUT2D eigenvalue weighted by atomic mass is 10.2. The highest BCUT2D eigenvalue weighted by Gasteiger charge is 2.18. The molecule has 2 aromatic rings. The summed E-state index contributed by atoms with van der Waals surface area (Å²) in [6, 6.07) is 7.67. The van der Waals surface area contributed by atoms with Crippen LogP contribution in [-0.4, -0.2) is 27.0 Å². The minimum atomic E-state index is -0.200. The van der Waals surface area contributed by atoms with Crippen molar-refractivity contribution in [1.82, 2.24) is 9.71 Å². The second kappa shape index (κ2) is 4.86. The van der Waals surface area contributed by atoms with Crippen LogP contribution in [0, 0.1) is 6.92 Å². The number of benzene rings is 1. The van der Waals surface area contributed by atoms with Gasteiger partial charge in [0.25, 0.3) is 0 Å². The third-order valence-corrected chi connectivity index (χ3v) is 3.45. The number of hydrogen-bond donors (Lipinski definition) is 1. The maximum atomic E-state index is 11.4. The number of rotatable bonds is 3. The Morgan fingerprint density at radius 3 is 2.39 bits per heavy atom. The van der Waals surface area contributed by atoms with E-state index in [4.69, 9.17) is 0 Å². The molecule has 0 aliphatic rings. The summed E-state index contributed by atoms with van der Waals surface area (Å²) in [5, 5.41) is 9.99. The van der Waals surface area contributed by atoms with Gasteiger partial charge in [0, 0.05) is 17.4 Å². The minimum absolute atomic E-state index is 0.200. The molecule has 1 heterocycles. The third kappa shape index (κ3) is 2.13. The first-order valence-electron chi connectivity index (χ1n) is 5.48. The van der Waals surface area contributed by atoms with E-state index >= 15 is 0 Å². The highest BCUT2D eigenvalue weighted by Crippen LogP contribution is 2.24. The first kappa shape index (κ1) is 12.7.